The van der Waals surface area contributed by atoms with Gasteiger partial charge in [0.1, 0.15) is 0 Å². The molecule has 0 atom stereocenters. The zero-order valence-electron chi connectivity index (χ0n) is 4.26. The van der Waals surface area contributed by atoms with Gasteiger partial charge in [-0.2, -0.15) is 0 Å². The fourth-order valence-electron chi connectivity index (χ4n) is 0.474. The molecule has 0 aliphatic heterocycles. The van der Waals surface area contributed by atoms with Gasteiger partial charge in [-0.3, -0.25) is 0 Å². The first-order valence-electron chi connectivity index (χ1n) is 2.30. The van der Waals surface area contributed by atoms with Crippen molar-refractivity contribution in [2.45, 2.75) is 0 Å². The normalized spacial score (nSPS) is 9.12. The number of aromatic hydroxyl groups is 1. The number of phenols is 1. The van der Waals surface area contributed by atoms with Crippen LogP contribution >= 0.6 is 0 Å². The molecule has 39 valence electrons. The second-order valence-electron chi connectivity index (χ2n) is 1.52. The maximum absolute atomic E-state index is 8.94. The Labute approximate surface area is 61.4 Å². The fourth-order valence-corrected chi connectivity index (χ4v) is 0.986. The van der Waals surface area contributed by atoms with E-state index in [9.17, 15) is 0 Å². The van der Waals surface area contributed by atoms with Crippen molar-refractivity contribution in [2.75, 3.05) is 0 Å². The maximum atomic E-state index is 8.94. The van der Waals surface area contributed by atoms with Crippen LogP contribution in [0, 0.1) is 0 Å². The summed E-state index contributed by atoms with van der Waals surface area (Å²) in [6.45, 7) is 0. The van der Waals surface area contributed by atoms with E-state index in [1.54, 1.807) is 6.07 Å². The van der Waals surface area contributed by atoms with E-state index in [1.807, 2.05) is 18.2 Å². The quantitative estimate of drug-likeness (QED) is 0.608. The Bertz CT molecular complexity index is 165. The summed E-state index contributed by atoms with van der Waals surface area (Å²) in [5.41, 5.74) is 0. The van der Waals surface area contributed by atoms with Crippen LogP contribution in [0.5, 0.6) is 5.75 Å². The molecule has 0 fully saturated rings. The van der Waals surface area contributed by atoms with E-state index < -0.39 is 0 Å². The summed E-state index contributed by atoms with van der Waals surface area (Å²) < 4.78 is 1.01. The van der Waals surface area contributed by atoms with Crippen LogP contribution in [-0.4, -0.2) is 27.6 Å². The van der Waals surface area contributed by atoms with Gasteiger partial charge >= 0.3 is 61.2 Å². The Kier molecular flexibility index (Phi) is 1.78. The number of phenolic OH excluding ortho intramolecular Hbond substituents is 1. The van der Waals surface area contributed by atoms with E-state index in [1.165, 1.54) is 22.5 Å². The van der Waals surface area contributed by atoms with Crippen LogP contribution in [-0.2, 0) is 0 Å². The average molecular weight is 212 g/mol. The summed E-state index contributed by atoms with van der Waals surface area (Å²) in [7, 11) is 0. The van der Waals surface area contributed by atoms with Gasteiger partial charge in [-0.15, -0.1) is 0 Å². The SMILES string of the molecule is Oc1cccc[c]1[Sn]. The second-order valence-corrected chi connectivity index (χ2v) is 3.05. The van der Waals surface area contributed by atoms with Crippen molar-refractivity contribution >= 4 is 26.1 Å². The molecule has 2 heteroatoms. The molecule has 8 heavy (non-hydrogen) atoms. The molecule has 1 rings (SSSR count). The molecule has 0 bridgehead atoms. The molecule has 0 spiro atoms. The van der Waals surface area contributed by atoms with Crippen LogP contribution in [0.1, 0.15) is 0 Å². The number of benzene rings is 1. The zero-order chi connectivity index (χ0) is 5.98. The molecule has 1 aromatic carbocycles. The van der Waals surface area contributed by atoms with E-state index in [2.05, 4.69) is 0 Å². The summed E-state index contributed by atoms with van der Waals surface area (Å²) in [4.78, 5) is 0. The molecule has 0 saturated heterocycles. The van der Waals surface area contributed by atoms with Gasteiger partial charge in [0, 0.05) is 0 Å². The van der Waals surface area contributed by atoms with Gasteiger partial charge in [0.25, 0.3) is 0 Å². The minimum atomic E-state index is 0.408. The Morgan fingerprint density at radius 2 is 1.88 bits per heavy atom. The topological polar surface area (TPSA) is 20.2 Å². The third kappa shape index (κ3) is 1.15. The average Bonchev–Trinajstić information content (AvgIpc) is 1.77. The van der Waals surface area contributed by atoms with Crippen molar-refractivity contribution in [3.63, 3.8) is 0 Å². The van der Waals surface area contributed by atoms with Crippen LogP contribution in [0.4, 0.5) is 0 Å². The predicted octanol–water partition coefficient (Wildman–Crippen LogP) is 0.186. The monoisotopic (exact) mass is 213 g/mol. The Morgan fingerprint density at radius 1 is 1.25 bits per heavy atom. The number of hydrogen-bond acceptors (Lipinski definition) is 1. The minimum absolute atomic E-state index is 0.408. The van der Waals surface area contributed by atoms with Crippen molar-refractivity contribution in [3.05, 3.63) is 24.3 Å². The van der Waals surface area contributed by atoms with Gasteiger partial charge in [0.15, 0.2) is 0 Å². The van der Waals surface area contributed by atoms with Gasteiger partial charge in [0.2, 0.25) is 0 Å². The Morgan fingerprint density at radius 3 is 2.25 bits per heavy atom. The van der Waals surface area contributed by atoms with Gasteiger partial charge in [-0.25, -0.2) is 0 Å². The van der Waals surface area contributed by atoms with E-state index in [0.29, 0.717) is 5.75 Å². The first-order valence-corrected chi connectivity index (χ1v) is 3.73. The van der Waals surface area contributed by atoms with Crippen molar-refractivity contribution in [1.29, 1.82) is 0 Å². The standard InChI is InChI=1S/C6H5O.Sn/c7-6-4-2-1-3-5-6;/h1-4,7H;. The molecule has 0 heterocycles. The molecule has 0 saturated carbocycles. The van der Waals surface area contributed by atoms with E-state index >= 15 is 0 Å². The molecule has 1 nitrogen and oxygen atoms in total. The molecule has 0 aliphatic rings. The van der Waals surface area contributed by atoms with Gasteiger partial charge in [0.05, 0.1) is 0 Å². The number of hydrogen-bond donors (Lipinski definition) is 1. The zero-order valence-corrected chi connectivity index (χ0v) is 7.11. The Hall–Kier alpha value is -0.181. The fraction of sp³-hybridized carbons (Fsp3) is 0. The third-order valence-electron chi connectivity index (χ3n) is 0.904. The van der Waals surface area contributed by atoms with Gasteiger partial charge < -0.3 is 0 Å². The number of para-hydroxylation sites is 1. The van der Waals surface area contributed by atoms with Crippen molar-refractivity contribution in [1.82, 2.24) is 0 Å². The summed E-state index contributed by atoms with van der Waals surface area (Å²) in [5, 5.41) is 8.94. The van der Waals surface area contributed by atoms with E-state index in [4.69, 9.17) is 5.11 Å². The van der Waals surface area contributed by atoms with E-state index in [-0.39, 0.29) is 0 Å². The summed E-state index contributed by atoms with van der Waals surface area (Å²) in [6, 6.07) is 7.35. The molecule has 3 radical (unpaired) electrons. The van der Waals surface area contributed by atoms with Crippen molar-refractivity contribution in [2.24, 2.45) is 0 Å². The van der Waals surface area contributed by atoms with E-state index in [0.717, 1.165) is 3.58 Å². The van der Waals surface area contributed by atoms with Crippen LogP contribution in [0.2, 0.25) is 0 Å². The number of rotatable bonds is 0. The van der Waals surface area contributed by atoms with Crippen LogP contribution in [0.15, 0.2) is 24.3 Å². The molecule has 0 aliphatic carbocycles. The van der Waals surface area contributed by atoms with Crippen molar-refractivity contribution < 1.29 is 5.11 Å². The predicted molar refractivity (Wildman–Crippen MR) is 33.5 cm³/mol. The molecule has 1 N–H and O–H groups in total. The molecule has 0 unspecified atom stereocenters. The van der Waals surface area contributed by atoms with Crippen molar-refractivity contribution in [3.8, 4) is 5.75 Å². The summed E-state index contributed by atoms with van der Waals surface area (Å²) >= 11 is 1.26. The molecular formula is C6H5OSn. The Balaban J connectivity index is 3.13. The molecular weight excluding hydrogens is 207 g/mol. The van der Waals surface area contributed by atoms with Gasteiger partial charge in [-0.1, -0.05) is 0 Å². The van der Waals surface area contributed by atoms with Crippen LogP contribution in [0.3, 0.4) is 0 Å². The first kappa shape index (κ1) is 5.95. The summed E-state index contributed by atoms with van der Waals surface area (Å²) in [5.74, 6) is 0.408. The summed E-state index contributed by atoms with van der Waals surface area (Å²) in [6.07, 6.45) is 0. The first-order chi connectivity index (χ1) is 3.80. The third-order valence-corrected chi connectivity index (χ3v) is 2.11. The van der Waals surface area contributed by atoms with Crippen LogP contribution in [0.25, 0.3) is 0 Å². The second kappa shape index (κ2) is 2.39. The molecule has 0 aromatic heterocycles. The van der Waals surface area contributed by atoms with Gasteiger partial charge in [-0.05, 0) is 0 Å². The van der Waals surface area contributed by atoms with Crippen LogP contribution < -0.4 is 3.58 Å². The molecule has 1 aromatic rings. The molecule has 0 amide bonds.